The minimum atomic E-state index is 0.0193. The summed E-state index contributed by atoms with van der Waals surface area (Å²) in [7, 11) is 0. The third-order valence-electron chi connectivity index (χ3n) is 3.52. The van der Waals surface area contributed by atoms with E-state index in [1.54, 1.807) is 12.3 Å². The Morgan fingerprint density at radius 1 is 1.58 bits per heavy atom. The van der Waals surface area contributed by atoms with E-state index in [1.165, 1.54) is 0 Å². The summed E-state index contributed by atoms with van der Waals surface area (Å²) >= 11 is 8.58. The quantitative estimate of drug-likeness (QED) is 0.839. The third-order valence-corrected chi connectivity index (χ3v) is 4.31. The van der Waals surface area contributed by atoms with Crippen LogP contribution >= 0.6 is 28.1 Å². The van der Waals surface area contributed by atoms with E-state index >= 15 is 0 Å². The van der Waals surface area contributed by atoms with E-state index in [2.05, 4.69) is 39.7 Å². The van der Waals surface area contributed by atoms with E-state index in [1.807, 2.05) is 4.90 Å². The van der Waals surface area contributed by atoms with Crippen molar-refractivity contribution in [1.29, 1.82) is 0 Å². The van der Waals surface area contributed by atoms with E-state index in [4.69, 9.17) is 12.2 Å². The Morgan fingerprint density at radius 2 is 2.32 bits per heavy atom. The summed E-state index contributed by atoms with van der Waals surface area (Å²) in [5, 5.41) is 0. The maximum absolute atomic E-state index is 12.6. The largest absolute Gasteiger partial charge is 0.351 e. The van der Waals surface area contributed by atoms with Gasteiger partial charge in [0, 0.05) is 36.3 Å². The van der Waals surface area contributed by atoms with Crippen LogP contribution in [0.4, 0.5) is 0 Å². The standard InChI is InChI=1S/C13H18BrN3OS/c1-3-16-4-5-17(9(2)8-16)13(18)11-6-10(14)7-15-12(11)19/h6-7,9H,3-5,8H2,1-2H3,(H,15,19). The minimum Gasteiger partial charge on any atom is -0.351 e. The first-order valence-electron chi connectivity index (χ1n) is 6.44. The molecule has 0 radical (unpaired) electrons. The molecule has 1 aliphatic rings. The first-order chi connectivity index (χ1) is 9.02. The molecule has 6 heteroatoms. The van der Waals surface area contributed by atoms with Crippen LogP contribution in [0.15, 0.2) is 16.7 Å². The Labute approximate surface area is 126 Å². The number of hydrogen-bond acceptors (Lipinski definition) is 3. The molecular weight excluding hydrogens is 326 g/mol. The minimum absolute atomic E-state index is 0.0193. The number of piperazine rings is 1. The van der Waals surface area contributed by atoms with Crippen molar-refractivity contribution in [2.75, 3.05) is 26.2 Å². The molecule has 1 unspecified atom stereocenters. The molecule has 1 N–H and O–H groups in total. The van der Waals surface area contributed by atoms with Crippen molar-refractivity contribution in [1.82, 2.24) is 14.8 Å². The first kappa shape index (κ1) is 14.7. The molecule has 0 aliphatic carbocycles. The van der Waals surface area contributed by atoms with Crippen LogP contribution in [-0.4, -0.2) is 52.9 Å². The molecule has 104 valence electrons. The van der Waals surface area contributed by atoms with Crippen LogP contribution in [0, 0.1) is 4.64 Å². The number of pyridine rings is 1. The molecule has 1 fully saturated rings. The molecule has 2 rings (SSSR count). The van der Waals surface area contributed by atoms with Gasteiger partial charge >= 0.3 is 0 Å². The fraction of sp³-hybridized carbons (Fsp3) is 0.538. The lowest BCUT2D eigenvalue weighted by Gasteiger charge is -2.39. The molecule has 1 aromatic rings. The average molecular weight is 344 g/mol. The molecule has 1 aromatic heterocycles. The number of nitrogens with zero attached hydrogens (tertiary/aromatic N) is 2. The van der Waals surface area contributed by atoms with Crippen LogP contribution in [0.5, 0.6) is 0 Å². The lowest BCUT2D eigenvalue weighted by atomic mass is 10.1. The van der Waals surface area contributed by atoms with Gasteiger partial charge in [-0.1, -0.05) is 19.1 Å². The van der Waals surface area contributed by atoms with Crippen molar-refractivity contribution in [2.45, 2.75) is 19.9 Å². The van der Waals surface area contributed by atoms with Crippen LogP contribution in [0.2, 0.25) is 0 Å². The number of nitrogens with one attached hydrogen (secondary N) is 1. The van der Waals surface area contributed by atoms with E-state index in [9.17, 15) is 4.79 Å². The predicted octanol–water partition coefficient (Wildman–Crippen LogP) is 2.67. The van der Waals surface area contributed by atoms with E-state index < -0.39 is 0 Å². The molecule has 1 atom stereocenters. The SMILES string of the molecule is CCN1CCN(C(=O)c2cc(Br)c[nH]c2=S)C(C)C1. The molecule has 0 bridgehead atoms. The fourth-order valence-corrected chi connectivity index (χ4v) is 2.94. The molecule has 2 heterocycles. The van der Waals surface area contributed by atoms with Crippen LogP contribution in [0.25, 0.3) is 0 Å². The normalized spacial score (nSPS) is 20.6. The van der Waals surface area contributed by atoms with Crippen molar-refractivity contribution in [2.24, 2.45) is 0 Å². The van der Waals surface area contributed by atoms with Gasteiger partial charge in [-0.15, -0.1) is 0 Å². The van der Waals surface area contributed by atoms with Gasteiger partial charge in [0.25, 0.3) is 5.91 Å². The Bertz CT molecular complexity index is 531. The number of rotatable bonds is 2. The zero-order valence-corrected chi connectivity index (χ0v) is 13.6. The maximum Gasteiger partial charge on any atom is 0.257 e. The van der Waals surface area contributed by atoms with Gasteiger partial charge < -0.3 is 9.88 Å². The van der Waals surface area contributed by atoms with Gasteiger partial charge in [0.05, 0.1) is 5.56 Å². The summed E-state index contributed by atoms with van der Waals surface area (Å²) in [5.41, 5.74) is 0.571. The van der Waals surface area contributed by atoms with Gasteiger partial charge in [0.15, 0.2) is 0 Å². The number of aromatic amines is 1. The number of halogens is 1. The number of carbonyl (C=O) groups is 1. The summed E-state index contributed by atoms with van der Waals surface area (Å²) in [6, 6.07) is 2.01. The summed E-state index contributed by atoms with van der Waals surface area (Å²) < 4.78 is 1.34. The summed E-state index contributed by atoms with van der Waals surface area (Å²) in [6.45, 7) is 7.88. The maximum atomic E-state index is 12.6. The molecule has 0 spiro atoms. The molecular formula is C13H18BrN3OS. The first-order valence-corrected chi connectivity index (χ1v) is 7.64. The fourth-order valence-electron chi connectivity index (χ4n) is 2.39. The van der Waals surface area contributed by atoms with Crippen LogP contribution in [-0.2, 0) is 0 Å². The Hall–Kier alpha value is -0.720. The zero-order chi connectivity index (χ0) is 14.0. The van der Waals surface area contributed by atoms with Crippen LogP contribution in [0.3, 0.4) is 0 Å². The molecule has 0 aromatic carbocycles. The number of likely N-dealkylation sites (N-methyl/N-ethyl adjacent to an activating group) is 1. The van der Waals surface area contributed by atoms with Gasteiger partial charge in [-0.3, -0.25) is 9.69 Å². The lowest BCUT2D eigenvalue weighted by molar-refractivity contribution is 0.0498. The predicted molar refractivity (Wildman–Crippen MR) is 81.9 cm³/mol. The Balaban J connectivity index is 2.20. The van der Waals surface area contributed by atoms with E-state index in [0.29, 0.717) is 10.2 Å². The highest BCUT2D eigenvalue weighted by atomic mass is 79.9. The van der Waals surface area contributed by atoms with E-state index in [-0.39, 0.29) is 11.9 Å². The number of hydrogen-bond donors (Lipinski definition) is 1. The summed E-state index contributed by atoms with van der Waals surface area (Å²) in [4.78, 5) is 19.8. The topological polar surface area (TPSA) is 39.3 Å². The lowest BCUT2D eigenvalue weighted by Crippen LogP contribution is -2.53. The van der Waals surface area contributed by atoms with Crippen molar-refractivity contribution >= 4 is 34.1 Å². The second kappa shape index (κ2) is 6.15. The molecule has 19 heavy (non-hydrogen) atoms. The second-order valence-corrected chi connectivity index (χ2v) is 6.13. The van der Waals surface area contributed by atoms with Crippen molar-refractivity contribution < 1.29 is 4.79 Å². The molecule has 4 nitrogen and oxygen atoms in total. The highest BCUT2D eigenvalue weighted by molar-refractivity contribution is 9.10. The van der Waals surface area contributed by atoms with Crippen molar-refractivity contribution in [3.8, 4) is 0 Å². The summed E-state index contributed by atoms with van der Waals surface area (Å²) in [6.07, 6.45) is 1.75. The second-order valence-electron chi connectivity index (χ2n) is 4.80. The Morgan fingerprint density at radius 3 is 2.95 bits per heavy atom. The van der Waals surface area contributed by atoms with Crippen molar-refractivity contribution in [3.63, 3.8) is 0 Å². The molecule has 1 amide bonds. The van der Waals surface area contributed by atoms with Gasteiger partial charge in [0.2, 0.25) is 0 Å². The van der Waals surface area contributed by atoms with E-state index in [0.717, 1.165) is 30.7 Å². The van der Waals surface area contributed by atoms with Gasteiger partial charge in [-0.2, -0.15) is 0 Å². The van der Waals surface area contributed by atoms with Crippen LogP contribution < -0.4 is 0 Å². The van der Waals surface area contributed by atoms with Gasteiger partial charge in [-0.25, -0.2) is 0 Å². The Kier molecular flexibility index (Phi) is 4.76. The third kappa shape index (κ3) is 3.24. The monoisotopic (exact) mass is 343 g/mol. The number of carbonyl (C=O) groups excluding carboxylic acids is 1. The van der Waals surface area contributed by atoms with Crippen molar-refractivity contribution in [3.05, 3.63) is 26.9 Å². The summed E-state index contributed by atoms with van der Waals surface area (Å²) in [5.74, 6) is 0.0193. The molecule has 0 saturated carbocycles. The van der Waals surface area contributed by atoms with Gasteiger partial charge in [0.1, 0.15) is 4.64 Å². The zero-order valence-electron chi connectivity index (χ0n) is 11.1. The van der Waals surface area contributed by atoms with Gasteiger partial charge in [-0.05, 0) is 35.5 Å². The average Bonchev–Trinajstić information content (AvgIpc) is 2.40. The van der Waals surface area contributed by atoms with Crippen LogP contribution in [0.1, 0.15) is 24.2 Å². The molecule has 1 saturated heterocycles. The number of amides is 1. The smallest absolute Gasteiger partial charge is 0.257 e. The highest BCUT2D eigenvalue weighted by Gasteiger charge is 2.28. The number of H-pyrrole nitrogens is 1. The molecule has 1 aliphatic heterocycles. The number of aromatic nitrogens is 1. The highest BCUT2D eigenvalue weighted by Crippen LogP contribution is 2.17.